The molecular weight excluding hydrogens is 1620 g/mol. The largest absolute Gasteiger partial charge is 0.508 e. The average molecular weight is 1730 g/mol. The van der Waals surface area contributed by atoms with Crippen LogP contribution in [0.15, 0.2) is 110 Å². The number of benzene rings is 4. The third kappa shape index (κ3) is 34.3. The van der Waals surface area contributed by atoms with E-state index in [9.17, 15) is 93.0 Å². The lowest BCUT2D eigenvalue weighted by Gasteiger charge is -2.29. The second kappa shape index (κ2) is 49.1. The topological polar surface area (TPSA) is 630 Å². The van der Waals surface area contributed by atoms with Crippen molar-refractivity contribution < 1.29 is 107 Å². The molecule has 41 heteroatoms. The van der Waals surface area contributed by atoms with Crippen LogP contribution in [0.1, 0.15) is 103 Å². The zero-order chi connectivity index (χ0) is 90.7. The fourth-order valence-corrected chi connectivity index (χ4v) is 13.5. The van der Waals surface area contributed by atoms with Gasteiger partial charge in [0.25, 0.3) is 0 Å². The predicted molar refractivity (Wildman–Crippen MR) is 446 cm³/mol. The summed E-state index contributed by atoms with van der Waals surface area (Å²) in [7, 11) is 0. The summed E-state index contributed by atoms with van der Waals surface area (Å²) in [4.78, 5) is 234. The number of aliphatic hydroxyl groups excluding tert-OH is 2. The third-order valence-corrected chi connectivity index (χ3v) is 20.1. The summed E-state index contributed by atoms with van der Waals surface area (Å²) in [6.07, 6.45) is 0.762. The van der Waals surface area contributed by atoms with Crippen LogP contribution in [-0.2, 0) is 109 Å². The molecule has 4 aromatic carbocycles. The number of H-pyrrole nitrogens is 1. The van der Waals surface area contributed by atoms with Crippen LogP contribution in [0.25, 0.3) is 0 Å². The zero-order valence-corrected chi connectivity index (χ0v) is 70.2. The Kier molecular flexibility index (Phi) is 39.5. The van der Waals surface area contributed by atoms with Gasteiger partial charge in [0, 0.05) is 44.1 Å². The van der Waals surface area contributed by atoms with Crippen molar-refractivity contribution >= 4 is 106 Å². The van der Waals surface area contributed by atoms with Crippen molar-refractivity contribution in [3.63, 3.8) is 0 Å². The summed E-state index contributed by atoms with van der Waals surface area (Å²) in [5.41, 5.74) is 6.99. The molecule has 668 valence electrons. The number of nitrogens with zero attached hydrogens (tertiary/aromatic N) is 1. The van der Waals surface area contributed by atoms with Crippen LogP contribution < -0.4 is 85.5 Å². The zero-order valence-electron chi connectivity index (χ0n) is 69.4. The maximum absolute atomic E-state index is 15.2. The van der Waals surface area contributed by atoms with E-state index in [1.165, 1.54) is 123 Å². The summed E-state index contributed by atoms with van der Waals surface area (Å²) in [5, 5.41) is 99.7. The molecular formula is C82H112N18O22S. The minimum absolute atomic E-state index is 0.0934. The van der Waals surface area contributed by atoms with Gasteiger partial charge in [-0.2, -0.15) is 0 Å². The molecule has 123 heavy (non-hydrogen) atoms. The van der Waals surface area contributed by atoms with Gasteiger partial charge in [0.2, 0.25) is 94.5 Å². The number of carbonyl (C=O) groups excluding carboxylic acids is 16. The number of amides is 16. The number of carbonyl (C=O) groups is 16. The van der Waals surface area contributed by atoms with Crippen molar-refractivity contribution in [1.82, 2.24) is 89.7 Å². The van der Waals surface area contributed by atoms with Crippen molar-refractivity contribution in [2.24, 2.45) is 29.4 Å². The molecule has 1 fully saturated rings. The Labute approximate surface area is 713 Å². The van der Waals surface area contributed by atoms with E-state index in [0.717, 1.165) is 11.8 Å². The van der Waals surface area contributed by atoms with Crippen molar-refractivity contribution in [3.8, 4) is 23.0 Å². The summed E-state index contributed by atoms with van der Waals surface area (Å²) in [6, 6.07) is 2.77. The number of aromatic amines is 1. The third-order valence-electron chi connectivity index (χ3n) is 19.0. The first kappa shape index (κ1) is 98.9. The van der Waals surface area contributed by atoms with Gasteiger partial charge in [0.05, 0.1) is 50.6 Å². The predicted octanol–water partition coefficient (Wildman–Crippen LogP) is -4.08. The number of primary amides is 1. The van der Waals surface area contributed by atoms with Crippen molar-refractivity contribution in [2.75, 3.05) is 44.4 Å². The van der Waals surface area contributed by atoms with E-state index in [0.29, 0.717) is 22.3 Å². The second-order valence-corrected chi connectivity index (χ2v) is 32.2. The van der Waals surface area contributed by atoms with E-state index in [-0.39, 0.29) is 97.8 Å². The van der Waals surface area contributed by atoms with Gasteiger partial charge in [-0.3, -0.25) is 76.7 Å². The molecule has 40 nitrogen and oxygen atoms in total. The highest BCUT2D eigenvalue weighted by atomic mass is 32.2. The van der Waals surface area contributed by atoms with E-state index in [4.69, 9.17) is 5.73 Å². The maximum Gasteiger partial charge on any atom is 0.245 e. The van der Waals surface area contributed by atoms with E-state index in [1.807, 2.05) is 0 Å². The number of imidazole rings is 1. The Morgan fingerprint density at radius 3 is 1.07 bits per heavy atom. The first-order chi connectivity index (χ1) is 58.3. The molecule has 0 radical (unpaired) electrons. The van der Waals surface area contributed by atoms with Gasteiger partial charge < -0.3 is 121 Å². The molecule has 16 amide bonds. The number of phenols is 4. The summed E-state index contributed by atoms with van der Waals surface area (Å²) >= 11 is 0.751. The van der Waals surface area contributed by atoms with Crippen LogP contribution in [0.2, 0.25) is 0 Å². The molecule has 0 spiro atoms. The Balaban J connectivity index is 1.40. The molecule has 24 N–H and O–H groups in total. The molecule has 1 saturated heterocycles. The van der Waals surface area contributed by atoms with Gasteiger partial charge in [-0.15, -0.1) is 11.8 Å². The van der Waals surface area contributed by atoms with Crippen molar-refractivity contribution in [1.29, 1.82) is 0 Å². The van der Waals surface area contributed by atoms with E-state index in [1.54, 1.807) is 41.5 Å². The smallest absolute Gasteiger partial charge is 0.245 e. The number of aromatic hydroxyl groups is 4. The Hall–Kier alpha value is -12.9. The number of aliphatic hydroxyl groups is 2. The summed E-state index contributed by atoms with van der Waals surface area (Å²) < 4.78 is 0. The molecule has 1 aliphatic rings. The van der Waals surface area contributed by atoms with Crippen LogP contribution in [0.4, 0.5) is 0 Å². The maximum atomic E-state index is 15.2. The second-order valence-electron chi connectivity index (χ2n) is 31.2. The lowest BCUT2D eigenvalue weighted by molar-refractivity contribution is -0.137. The quantitative estimate of drug-likeness (QED) is 0.0313. The number of nitrogens with two attached hydrogens (primary N) is 1. The Morgan fingerprint density at radius 1 is 0.398 bits per heavy atom. The van der Waals surface area contributed by atoms with E-state index < -0.39 is 217 Å². The van der Waals surface area contributed by atoms with Gasteiger partial charge in [-0.05, 0) is 114 Å². The minimum atomic E-state index is -1.85. The number of aromatic nitrogens is 2. The van der Waals surface area contributed by atoms with Crippen LogP contribution in [0.3, 0.4) is 0 Å². The number of nitrogens with one attached hydrogen (secondary N) is 16. The van der Waals surface area contributed by atoms with E-state index >= 15 is 14.4 Å². The van der Waals surface area contributed by atoms with Gasteiger partial charge in [-0.25, -0.2) is 4.98 Å². The first-order valence-electron chi connectivity index (χ1n) is 39.9. The van der Waals surface area contributed by atoms with Crippen LogP contribution in [-0.4, -0.2) is 252 Å². The number of hydrogen-bond acceptors (Lipinski definition) is 24. The number of hydrogen-bond donors (Lipinski definition) is 23. The number of rotatable bonds is 22. The molecule has 5 aromatic rings. The highest BCUT2D eigenvalue weighted by Crippen LogP contribution is 2.20. The van der Waals surface area contributed by atoms with Crippen LogP contribution in [0, 0.1) is 23.7 Å². The Bertz CT molecular complexity index is 4440. The lowest BCUT2D eigenvalue weighted by Crippen LogP contribution is -2.62. The van der Waals surface area contributed by atoms with Gasteiger partial charge >= 0.3 is 0 Å². The summed E-state index contributed by atoms with van der Waals surface area (Å²) in [5.74, 6) is -19.6. The minimum Gasteiger partial charge on any atom is -0.508 e. The summed E-state index contributed by atoms with van der Waals surface area (Å²) in [6.45, 7) is 8.62. The first-order valence-corrected chi connectivity index (χ1v) is 41.0. The molecule has 0 unspecified atom stereocenters. The van der Waals surface area contributed by atoms with Gasteiger partial charge in [0.1, 0.15) is 95.5 Å². The SMILES string of the molecule is CC(C)C[C@@H]1NC(=O)[C@H](CO)NC(=O)CNC(=O)[C@H](Cc2ccc(O)cc2)NC(=O)[C@H](CC(C)C)NC(=O)[C@H](CO)NC(=O)[C@H](C(C)C)NC(=O)[C@H](Cc2ccc(O)cc2)NC(=O)[C@H](Cc2ccc(O)cc2)NC(=O)[C@H](CC(C)C)NC(=O)[C@H](Cc2c[nH]cn2)NC(=O)[C@H](Cc2ccc(O)cc2)NC(=O)CSC[C@@H](C(=O)NCC(N)=O)NC(=O)CNC1=O. The molecule has 1 aromatic heterocycles. The van der Waals surface area contributed by atoms with Crippen molar-refractivity contribution in [3.05, 3.63) is 138 Å². The standard InChI is InChI=1S/C82H112N18O22S/c1-42(2)25-55-71(111)86-36-68(109)91-65(73(113)85-34-66(83)107)39-123-40-69(110)89-59(29-47-11-19-52(104)20-12-47)76(116)98-62(32-50-33-84-41-88-50)78(118)93-56(26-43(3)4)75(115)96-60(30-48-13-21-53(105)22-14-48)77(117)97-61(31-49-15-23-54(106)24-16-49)79(119)100-70(45(7)8)82(122)99-64(38-102)81(121)94-57(27-44(5)6)74(114)95-58(28-46-9-17-51(103)18-10-46)72(112)87-35-67(108)90-63(37-101)80(120)92-55/h9-24,33,41-45,55-65,70,101-106H,25-32,34-40H2,1-8H3,(H2,83,107)(H,84,88)(H,85,113)(H,86,111)(H,87,112)(H,89,110)(H,90,108)(H,91,109)(H,92,120)(H,93,118)(H,94,121)(H,95,114)(H,96,115)(H,97,117)(H,98,116)(H,99,122)(H,100,119)/t55-,56-,57-,58-,59-,60-,61-,62-,63-,64-,65-,70-/m0/s1. The monoisotopic (exact) mass is 1730 g/mol. The molecule has 6 rings (SSSR count). The number of phenolic OH excluding ortho intramolecular Hbond substituents is 4. The van der Waals surface area contributed by atoms with Gasteiger partial charge in [-0.1, -0.05) is 104 Å². The normalized spacial score (nSPS) is 22.9. The molecule has 0 bridgehead atoms. The van der Waals surface area contributed by atoms with Crippen LogP contribution >= 0.6 is 11.8 Å². The molecule has 0 aliphatic carbocycles. The molecule has 12 atom stereocenters. The molecule has 2 heterocycles. The van der Waals surface area contributed by atoms with Crippen molar-refractivity contribution in [2.45, 2.75) is 179 Å². The fraction of sp³-hybridized carbons (Fsp3) is 0.476. The highest BCUT2D eigenvalue weighted by Gasteiger charge is 2.39. The van der Waals surface area contributed by atoms with Crippen LogP contribution in [0.5, 0.6) is 23.0 Å². The van der Waals surface area contributed by atoms with E-state index in [2.05, 4.69) is 89.7 Å². The number of thioether (sulfide) groups is 1. The van der Waals surface area contributed by atoms with Gasteiger partial charge in [0.15, 0.2) is 0 Å². The highest BCUT2D eigenvalue weighted by molar-refractivity contribution is 8.00. The molecule has 0 saturated carbocycles. The fourth-order valence-electron chi connectivity index (χ4n) is 12.6. The molecule has 1 aliphatic heterocycles. The average Bonchev–Trinajstić information content (AvgIpc) is 0.969. The Morgan fingerprint density at radius 2 is 0.707 bits per heavy atom. The lowest BCUT2D eigenvalue weighted by atomic mass is 9.98.